The first-order valence-electron chi connectivity index (χ1n) is 8.20. The summed E-state index contributed by atoms with van der Waals surface area (Å²) in [5.74, 6) is 0.779. The maximum atomic E-state index is 3.70. The Morgan fingerprint density at radius 1 is 1.15 bits per heavy atom. The normalized spacial score (nSPS) is 28.1. The molecule has 1 rings (SSSR count). The minimum absolute atomic E-state index is 0.209. The Morgan fingerprint density at radius 3 is 2.15 bits per heavy atom. The Bertz CT molecular complexity index is 295. The van der Waals surface area contributed by atoms with Crippen LogP contribution in [0, 0.1) is 11.3 Å². The van der Waals surface area contributed by atoms with Gasteiger partial charge in [-0.05, 0) is 52.6 Å². The Morgan fingerprint density at radius 2 is 1.75 bits per heavy atom. The van der Waals surface area contributed by atoms with E-state index in [1.807, 2.05) is 0 Å². The molecule has 1 aliphatic heterocycles. The molecule has 1 fully saturated rings. The maximum absolute atomic E-state index is 3.70. The molecule has 1 aliphatic rings. The predicted molar refractivity (Wildman–Crippen MR) is 89.2 cm³/mol. The summed E-state index contributed by atoms with van der Waals surface area (Å²) in [5.41, 5.74) is 0.578. The van der Waals surface area contributed by atoms with Crippen LogP contribution in [0.15, 0.2) is 0 Å². The van der Waals surface area contributed by atoms with Crippen LogP contribution in [0.5, 0.6) is 0 Å². The summed E-state index contributed by atoms with van der Waals surface area (Å²) in [6.45, 7) is 18.7. The second kappa shape index (κ2) is 6.76. The van der Waals surface area contributed by atoms with Gasteiger partial charge in [0.1, 0.15) is 0 Å². The van der Waals surface area contributed by atoms with E-state index in [1.165, 1.54) is 26.1 Å². The van der Waals surface area contributed by atoms with E-state index in [0.717, 1.165) is 12.5 Å². The van der Waals surface area contributed by atoms with Crippen LogP contribution in [0.1, 0.15) is 48.0 Å². The van der Waals surface area contributed by atoms with Crippen molar-refractivity contribution < 1.29 is 0 Å². The summed E-state index contributed by atoms with van der Waals surface area (Å²) >= 11 is 0. The summed E-state index contributed by atoms with van der Waals surface area (Å²) in [6, 6.07) is 0.715. The highest BCUT2D eigenvalue weighted by Crippen LogP contribution is 2.27. The minimum atomic E-state index is 0.209. The van der Waals surface area contributed by atoms with Crippen LogP contribution in [-0.4, -0.2) is 61.7 Å². The van der Waals surface area contributed by atoms with Crippen LogP contribution in [-0.2, 0) is 0 Å². The number of hydrogen-bond donors (Lipinski definition) is 1. The molecular formula is C17H37N3. The number of likely N-dealkylation sites (tertiary alicyclic amines) is 1. The van der Waals surface area contributed by atoms with E-state index in [9.17, 15) is 0 Å². The zero-order valence-electron chi connectivity index (χ0n) is 15.1. The molecule has 0 aromatic rings. The van der Waals surface area contributed by atoms with Gasteiger partial charge in [-0.2, -0.15) is 0 Å². The lowest BCUT2D eigenvalue weighted by molar-refractivity contribution is 0.159. The van der Waals surface area contributed by atoms with Crippen molar-refractivity contribution in [2.45, 2.75) is 59.5 Å². The predicted octanol–water partition coefficient (Wildman–Crippen LogP) is 2.67. The SMILES string of the molecule is CCC(C)(CNC(C)(C)C)CN1CC(C)C(N(C)C)C1. The molecule has 1 N–H and O–H groups in total. The van der Waals surface area contributed by atoms with Crippen molar-refractivity contribution in [2.24, 2.45) is 11.3 Å². The van der Waals surface area contributed by atoms with E-state index < -0.39 is 0 Å². The molecule has 3 nitrogen and oxygen atoms in total. The molecule has 0 amide bonds. The average Bonchev–Trinajstić information content (AvgIpc) is 2.67. The highest BCUT2D eigenvalue weighted by molar-refractivity contribution is 4.91. The molecule has 0 spiro atoms. The highest BCUT2D eigenvalue weighted by Gasteiger charge is 2.35. The van der Waals surface area contributed by atoms with Crippen molar-refractivity contribution in [3.05, 3.63) is 0 Å². The monoisotopic (exact) mass is 283 g/mol. The van der Waals surface area contributed by atoms with E-state index in [2.05, 4.69) is 70.8 Å². The van der Waals surface area contributed by atoms with Crippen LogP contribution in [0.25, 0.3) is 0 Å². The largest absolute Gasteiger partial charge is 0.311 e. The minimum Gasteiger partial charge on any atom is -0.311 e. The maximum Gasteiger partial charge on any atom is 0.0254 e. The van der Waals surface area contributed by atoms with Crippen LogP contribution in [0.2, 0.25) is 0 Å². The molecule has 0 radical (unpaired) electrons. The van der Waals surface area contributed by atoms with E-state index in [1.54, 1.807) is 0 Å². The van der Waals surface area contributed by atoms with Crippen LogP contribution in [0.3, 0.4) is 0 Å². The third-order valence-electron chi connectivity index (χ3n) is 4.82. The molecule has 1 heterocycles. The fourth-order valence-electron chi connectivity index (χ4n) is 3.16. The molecule has 1 saturated heterocycles. The van der Waals surface area contributed by atoms with Gasteiger partial charge in [-0.1, -0.05) is 20.8 Å². The summed E-state index contributed by atoms with van der Waals surface area (Å²) in [6.07, 6.45) is 1.23. The fraction of sp³-hybridized carbons (Fsp3) is 1.00. The smallest absolute Gasteiger partial charge is 0.0254 e. The van der Waals surface area contributed by atoms with Crippen LogP contribution < -0.4 is 5.32 Å². The Kier molecular flexibility index (Phi) is 6.06. The summed E-state index contributed by atoms with van der Waals surface area (Å²) in [4.78, 5) is 5.06. The number of hydrogen-bond acceptors (Lipinski definition) is 3. The van der Waals surface area contributed by atoms with Gasteiger partial charge >= 0.3 is 0 Å². The number of nitrogens with one attached hydrogen (secondary N) is 1. The molecule has 0 saturated carbocycles. The lowest BCUT2D eigenvalue weighted by Gasteiger charge is -2.36. The second-order valence-corrected chi connectivity index (χ2v) is 8.47. The highest BCUT2D eigenvalue weighted by atomic mass is 15.2. The molecule has 0 aromatic heterocycles. The first-order chi connectivity index (χ1) is 9.06. The van der Waals surface area contributed by atoms with Gasteiger partial charge in [-0.3, -0.25) is 0 Å². The fourth-order valence-corrected chi connectivity index (χ4v) is 3.16. The standard InChI is InChI=1S/C17H37N3/c1-9-17(6,12-18-16(3,4)5)13-20-10-14(2)15(11-20)19(7)8/h14-15,18H,9-13H2,1-8H3. The van der Waals surface area contributed by atoms with Gasteiger partial charge in [0.05, 0.1) is 0 Å². The van der Waals surface area contributed by atoms with E-state index in [4.69, 9.17) is 0 Å². The van der Waals surface area contributed by atoms with E-state index in [0.29, 0.717) is 11.5 Å². The Labute approximate surface area is 127 Å². The van der Waals surface area contributed by atoms with Crippen molar-refractivity contribution in [3.8, 4) is 0 Å². The molecule has 0 bridgehead atoms. The second-order valence-electron chi connectivity index (χ2n) is 8.47. The van der Waals surface area contributed by atoms with Crippen LogP contribution in [0.4, 0.5) is 0 Å². The molecule has 0 aliphatic carbocycles. The molecule has 3 unspecified atom stereocenters. The van der Waals surface area contributed by atoms with Gasteiger partial charge < -0.3 is 15.1 Å². The van der Waals surface area contributed by atoms with Crippen molar-refractivity contribution in [1.82, 2.24) is 15.1 Å². The number of likely N-dealkylation sites (N-methyl/N-ethyl adjacent to an activating group) is 1. The molecule has 3 atom stereocenters. The van der Waals surface area contributed by atoms with Crippen molar-refractivity contribution in [3.63, 3.8) is 0 Å². The number of rotatable bonds is 6. The number of nitrogens with zero attached hydrogens (tertiary/aromatic N) is 2. The van der Waals surface area contributed by atoms with Gasteiger partial charge in [0, 0.05) is 37.8 Å². The first kappa shape index (κ1) is 17.9. The quantitative estimate of drug-likeness (QED) is 0.808. The Balaban J connectivity index is 2.56. The van der Waals surface area contributed by atoms with Gasteiger partial charge in [0.2, 0.25) is 0 Å². The van der Waals surface area contributed by atoms with Gasteiger partial charge in [0.15, 0.2) is 0 Å². The summed E-state index contributed by atoms with van der Waals surface area (Å²) < 4.78 is 0. The molecule has 3 heteroatoms. The molecule has 120 valence electrons. The van der Waals surface area contributed by atoms with E-state index in [-0.39, 0.29) is 5.54 Å². The zero-order chi connectivity index (χ0) is 15.6. The zero-order valence-corrected chi connectivity index (χ0v) is 15.1. The molecule has 0 aromatic carbocycles. The lowest BCUT2D eigenvalue weighted by atomic mass is 9.86. The van der Waals surface area contributed by atoms with Crippen molar-refractivity contribution >= 4 is 0 Å². The van der Waals surface area contributed by atoms with E-state index >= 15 is 0 Å². The molecule has 20 heavy (non-hydrogen) atoms. The summed E-state index contributed by atoms with van der Waals surface area (Å²) in [5, 5.41) is 3.70. The first-order valence-corrected chi connectivity index (χ1v) is 8.20. The average molecular weight is 284 g/mol. The van der Waals surface area contributed by atoms with Gasteiger partial charge in [0.25, 0.3) is 0 Å². The van der Waals surface area contributed by atoms with Crippen molar-refractivity contribution in [2.75, 3.05) is 40.3 Å². The van der Waals surface area contributed by atoms with Gasteiger partial charge in [-0.25, -0.2) is 0 Å². The lowest BCUT2D eigenvalue weighted by Crippen LogP contribution is -2.47. The van der Waals surface area contributed by atoms with Crippen molar-refractivity contribution in [1.29, 1.82) is 0 Å². The summed E-state index contributed by atoms with van der Waals surface area (Å²) in [7, 11) is 4.43. The Hall–Kier alpha value is -0.120. The molecular weight excluding hydrogens is 246 g/mol. The third kappa shape index (κ3) is 5.34. The third-order valence-corrected chi connectivity index (χ3v) is 4.82. The van der Waals surface area contributed by atoms with Gasteiger partial charge in [-0.15, -0.1) is 0 Å². The van der Waals surface area contributed by atoms with Crippen LogP contribution >= 0.6 is 0 Å². The topological polar surface area (TPSA) is 18.5 Å².